The molecule has 0 radical (unpaired) electrons. The number of nitrogens with zero attached hydrogens (tertiary/aromatic N) is 1. The van der Waals surface area contributed by atoms with Gasteiger partial charge in [0.2, 0.25) is 0 Å². The van der Waals surface area contributed by atoms with Gasteiger partial charge in [-0.05, 0) is 42.8 Å². The van der Waals surface area contributed by atoms with E-state index >= 15 is 0 Å². The van der Waals surface area contributed by atoms with Gasteiger partial charge in [0, 0.05) is 5.56 Å². The van der Waals surface area contributed by atoms with Crippen molar-refractivity contribution in [2.24, 2.45) is 0 Å². The molecule has 0 saturated carbocycles. The topological polar surface area (TPSA) is 82.0 Å². The van der Waals surface area contributed by atoms with E-state index in [-0.39, 0.29) is 17.9 Å². The Morgan fingerprint density at radius 3 is 2.36 bits per heavy atom. The average Bonchev–Trinajstić information content (AvgIpc) is 2.74. The summed E-state index contributed by atoms with van der Waals surface area (Å²) in [4.78, 5) is 25.3. The summed E-state index contributed by atoms with van der Waals surface area (Å²) in [6, 6.07) is 24.7. The summed E-state index contributed by atoms with van der Waals surface area (Å²) >= 11 is 0. The number of nitrogens with one attached hydrogen (secondary N) is 2. The summed E-state index contributed by atoms with van der Waals surface area (Å²) < 4.78 is 0. The maximum absolute atomic E-state index is 12.8. The van der Waals surface area contributed by atoms with Gasteiger partial charge in [0.05, 0.1) is 28.9 Å². The molecule has 3 aromatic rings. The zero-order valence-electron chi connectivity index (χ0n) is 15.3. The van der Waals surface area contributed by atoms with Crippen LogP contribution in [-0.4, -0.2) is 11.8 Å². The van der Waals surface area contributed by atoms with Gasteiger partial charge in [-0.25, -0.2) is 0 Å². The van der Waals surface area contributed by atoms with E-state index < -0.39 is 0 Å². The monoisotopic (exact) mass is 369 g/mol. The highest BCUT2D eigenvalue weighted by atomic mass is 16.2. The van der Waals surface area contributed by atoms with Crippen LogP contribution < -0.4 is 10.6 Å². The van der Waals surface area contributed by atoms with Gasteiger partial charge in [0.25, 0.3) is 11.8 Å². The fourth-order valence-electron chi connectivity index (χ4n) is 2.81. The molecule has 0 bridgehead atoms. The number of nitriles is 1. The van der Waals surface area contributed by atoms with E-state index in [4.69, 9.17) is 5.26 Å². The van der Waals surface area contributed by atoms with Gasteiger partial charge in [0.1, 0.15) is 0 Å². The molecule has 138 valence electrons. The molecule has 2 N–H and O–H groups in total. The van der Waals surface area contributed by atoms with Gasteiger partial charge in [0.15, 0.2) is 0 Å². The number of anilines is 1. The minimum absolute atomic E-state index is 0.176. The van der Waals surface area contributed by atoms with E-state index in [2.05, 4.69) is 10.6 Å². The largest absolute Gasteiger partial charge is 0.345 e. The van der Waals surface area contributed by atoms with Crippen LogP contribution in [0.15, 0.2) is 78.9 Å². The number of carbonyl (C=O) groups is 2. The van der Waals surface area contributed by atoms with Gasteiger partial charge in [-0.3, -0.25) is 9.59 Å². The second-order valence-electron chi connectivity index (χ2n) is 6.30. The average molecular weight is 369 g/mol. The van der Waals surface area contributed by atoms with Crippen LogP contribution >= 0.6 is 0 Å². The molecule has 0 unspecified atom stereocenters. The number of hydrogen-bond donors (Lipinski definition) is 2. The predicted molar refractivity (Wildman–Crippen MR) is 108 cm³/mol. The summed E-state index contributed by atoms with van der Waals surface area (Å²) in [5.74, 6) is -0.661. The van der Waals surface area contributed by atoms with Gasteiger partial charge >= 0.3 is 0 Å². The first-order chi connectivity index (χ1) is 13.6. The molecule has 0 aliphatic rings. The Labute approximate surface area is 163 Å². The van der Waals surface area contributed by atoms with Gasteiger partial charge in [-0.2, -0.15) is 5.26 Å². The summed E-state index contributed by atoms with van der Waals surface area (Å²) in [6.45, 7) is 1.90. The van der Waals surface area contributed by atoms with Crippen LogP contribution in [-0.2, 0) is 0 Å². The van der Waals surface area contributed by atoms with Crippen LogP contribution in [0, 0.1) is 11.3 Å². The number of para-hydroxylation sites is 1. The summed E-state index contributed by atoms with van der Waals surface area (Å²) in [6.07, 6.45) is 0. The zero-order valence-corrected chi connectivity index (χ0v) is 15.3. The van der Waals surface area contributed by atoms with Crippen LogP contribution in [0.1, 0.15) is 44.8 Å². The van der Waals surface area contributed by atoms with Crippen molar-refractivity contribution in [2.75, 3.05) is 5.32 Å². The van der Waals surface area contributed by atoms with Crippen molar-refractivity contribution in [3.8, 4) is 6.07 Å². The van der Waals surface area contributed by atoms with Crippen LogP contribution in [0.3, 0.4) is 0 Å². The number of hydrogen-bond acceptors (Lipinski definition) is 3. The highest BCUT2D eigenvalue weighted by Crippen LogP contribution is 2.19. The SMILES string of the molecule is C[C@@H](NC(=O)c1ccccc1NC(=O)c1cccc(C#N)c1)c1ccccc1. The molecule has 5 heteroatoms. The van der Waals surface area contributed by atoms with Crippen molar-refractivity contribution < 1.29 is 9.59 Å². The lowest BCUT2D eigenvalue weighted by Gasteiger charge is -2.16. The summed E-state index contributed by atoms with van der Waals surface area (Å²) in [5.41, 5.74) is 2.52. The van der Waals surface area contributed by atoms with E-state index in [9.17, 15) is 9.59 Å². The standard InChI is InChI=1S/C23H19N3O2/c1-16(18-9-3-2-4-10-18)25-23(28)20-12-5-6-13-21(20)26-22(27)19-11-7-8-17(14-19)15-24/h2-14,16H,1H3,(H,25,28)(H,26,27)/t16-/m1/s1. The van der Waals surface area contributed by atoms with Crippen molar-refractivity contribution in [1.82, 2.24) is 5.32 Å². The smallest absolute Gasteiger partial charge is 0.255 e. The van der Waals surface area contributed by atoms with E-state index in [1.807, 2.05) is 43.3 Å². The molecule has 0 fully saturated rings. The Bertz CT molecular complexity index is 1040. The van der Waals surface area contributed by atoms with Crippen molar-refractivity contribution >= 4 is 17.5 Å². The molecule has 3 aromatic carbocycles. The molecule has 1 atom stereocenters. The first-order valence-electron chi connectivity index (χ1n) is 8.85. The summed E-state index contributed by atoms with van der Waals surface area (Å²) in [5, 5.41) is 14.7. The van der Waals surface area contributed by atoms with Crippen molar-refractivity contribution in [2.45, 2.75) is 13.0 Å². The molecule has 2 amide bonds. The highest BCUT2D eigenvalue weighted by molar-refractivity contribution is 6.09. The molecular weight excluding hydrogens is 350 g/mol. The van der Waals surface area contributed by atoms with Crippen LogP contribution in [0.2, 0.25) is 0 Å². The number of rotatable bonds is 5. The molecule has 28 heavy (non-hydrogen) atoms. The maximum Gasteiger partial charge on any atom is 0.255 e. The highest BCUT2D eigenvalue weighted by Gasteiger charge is 2.16. The second kappa shape index (κ2) is 8.65. The van der Waals surface area contributed by atoms with E-state index in [1.165, 1.54) is 6.07 Å². The lowest BCUT2D eigenvalue weighted by atomic mass is 10.1. The quantitative estimate of drug-likeness (QED) is 0.703. The Morgan fingerprint density at radius 2 is 1.61 bits per heavy atom. The molecule has 0 aliphatic heterocycles. The van der Waals surface area contributed by atoms with E-state index in [0.717, 1.165) is 5.56 Å². The third kappa shape index (κ3) is 4.43. The van der Waals surface area contributed by atoms with Gasteiger partial charge in [-0.15, -0.1) is 0 Å². The molecule has 5 nitrogen and oxygen atoms in total. The van der Waals surface area contributed by atoms with Crippen molar-refractivity contribution in [3.63, 3.8) is 0 Å². The Kier molecular flexibility index (Phi) is 5.83. The van der Waals surface area contributed by atoms with Crippen molar-refractivity contribution in [1.29, 1.82) is 5.26 Å². The minimum Gasteiger partial charge on any atom is -0.345 e. The number of amides is 2. The lowest BCUT2D eigenvalue weighted by Crippen LogP contribution is -2.28. The summed E-state index contributed by atoms with van der Waals surface area (Å²) in [7, 11) is 0. The molecule has 0 aromatic heterocycles. The first-order valence-corrected chi connectivity index (χ1v) is 8.85. The first kappa shape index (κ1) is 18.9. The Balaban J connectivity index is 1.78. The molecular formula is C23H19N3O2. The minimum atomic E-state index is -0.381. The molecule has 3 rings (SSSR count). The molecule has 0 spiro atoms. The Morgan fingerprint density at radius 1 is 0.893 bits per heavy atom. The van der Waals surface area contributed by atoms with Crippen LogP contribution in [0.5, 0.6) is 0 Å². The molecule has 0 saturated heterocycles. The predicted octanol–water partition coefficient (Wildman–Crippen LogP) is 4.30. The third-order valence-electron chi connectivity index (χ3n) is 4.32. The van der Waals surface area contributed by atoms with Crippen LogP contribution in [0.25, 0.3) is 0 Å². The Hall–Kier alpha value is -3.91. The van der Waals surface area contributed by atoms with Crippen molar-refractivity contribution in [3.05, 3.63) is 101 Å². The van der Waals surface area contributed by atoms with E-state index in [1.54, 1.807) is 42.5 Å². The number of carbonyl (C=O) groups excluding carboxylic acids is 2. The maximum atomic E-state index is 12.8. The van der Waals surface area contributed by atoms with Gasteiger partial charge < -0.3 is 10.6 Å². The normalized spacial score (nSPS) is 11.1. The number of benzene rings is 3. The lowest BCUT2D eigenvalue weighted by molar-refractivity contribution is 0.0941. The fraction of sp³-hybridized carbons (Fsp3) is 0.0870. The second-order valence-corrected chi connectivity index (χ2v) is 6.30. The third-order valence-corrected chi connectivity index (χ3v) is 4.32. The fourth-order valence-corrected chi connectivity index (χ4v) is 2.81. The van der Waals surface area contributed by atoms with Crippen LogP contribution in [0.4, 0.5) is 5.69 Å². The van der Waals surface area contributed by atoms with Gasteiger partial charge in [-0.1, -0.05) is 48.5 Å². The molecule has 0 heterocycles. The van der Waals surface area contributed by atoms with E-state index in [0.29, 0.717) is 22.4 Å². The molecule has 0 aliphatic carbocycles. The zero-order chi connectivity index (χ0) is 19.9.